The monoisotopic (exact) mass is 422 g/mol. The van der Waals surface area contributed by atoms with E-state index in [1.54, 1.807) is 0 Å². The van der Waals surface area contributed by atoms with Crippen LogP contribution in [-0.2, 0) is 6.42 Å². The lowest BCUT2D eigenvalue weighted by atomic mass is 9.67. The van der Waals surface area contributed by atoms with Gasteiger partial charge in [0.05, 0.1) is 0 Å². The number of halogens is 1. The predicted molar refractivity (Wildman–Crippen MR) is 130 cm³/mol. The second-order valence-electron chi connectivity index (χ2n) is 10.3. The minimum atomic E-state index is 0.712. The van der Waals surface area contributed by atoms with Crippen LogP contribution in [-0.4, -0.2) is 0 Å². The summed E-state index contributed by atoms with van der Waals surface area (Å²) >= 11 is 6.01. The first-order valence-electron chi connectivity index (χ1n) is 12.5. The summed E-state index contributed by atoms with van der Waals surface area (Å²) in [5.74, 6) is 4.64. The molecule has 2 aromatic carbocycles. The highest BCUT2D eigenvalue weighted by Gasteiger charge is 2.31. The van der Waals surface area contributed by atoms with Gasteiger partial charge in [-0.2, -0.15) is 0 Å². The second kappa shape index (κ2) is 10.9. The maximum absolute atomic E-state index is 6.01. The molecule has 2 aliphatic rings. The average Bonchev–Trinajstić information content (AvgIpc) is 2.80. The van der Waals surface area contributed by atoms with Crippen LogP contribution in [0.25, 0.3) is 0 Å². The summed E-state index contributed by atoms with van der Waals surface area (Å²) in [4.78, 5) is 0. The van der Waals surface area contributed by atoms with Gasteiger partial charge in [-0.05, 0) is 97.8 Å². The van der Waals surface area contributed by atoms with Crippen molar-refractivity contribution in [1.29, 1.82) is 0 Å². The Morgan fingerprint density at radius 2 is 1.30 bits per heavy atom. The van der Waals surface area contributed by atoms with E-state index < -0.39 is 0 Å². The van der Waals surface area contributed by atoms with Crippen molar-refractivity contribution in [3.05, 3.63) is 70.7 Å². The van der Waals surface area contributed by atoms with E-state index in [4.69, 9.17) is 11.6 Å². The van der Waals surface area contributed by atoms with Crippen LogP contribution in [0, 0.1) is 23.7 Å². The number of benzene rings is 2. The highest BCUT2D eigenvalue weighted by molar-refractivity contribution is 6.30. The summed E-state index contributed by atoms with van der Waals surface area (Å²) in [6.45, 7) is 2.42. The zero-order valence-electron chi connectivity index (χ0n) is 18.7. The molecule has 0 aromatic heterocycles. The van der Waals surface area contributed by atoms with Gasteiger partial charge in [-0.15, -0.1) is 0 Å². The van der Waals surface area contributed by atoms with Gasteiger partial charge in [0, 0.05) is 5.02 Å². The van der Waals surface area contributed by atoms with Crippen molar-refractivity contribution in [1.82, 2.24) is 0 Å². The number of hydrogen-bond acceptors (Lipinski definition) is 0. The van der Waals surface area contributed by atoms with Crippen LogP contribution < -0.4 is 0 Å². The van der Waals surface area contributed by atoms with Gasteiger partial charge in [0.1, 0.15) is 0 Å². The molecule has 2 saturated carbocycles. The minimum Gasteiger partial charge on any atom is -0.0843 e. The Hall–Kier alpha value is -1.27. The lowest BCUT2D eigenvalue weighted by Gasteiger charge is -2.38. The summed E-state index contributed by atoms with van der Waals surface area (Å²) in [6.07, 6.45) is 15.8. The molecule has 0 unspecified atom stereocenters. The molecular formula is C29H39Cl. The topological polar surface area (TPSA) is 0 Å². The summed E-state index contributed by atoms with van der Waals surface area (Å²) in [5.41, 5.74) is 2.97. The molecule has 162 valence electrons. The second-order valence-corrected chi connectivity index (χ2v) is 10.7. The number of rotatable bonds is 7. The van der Waals surface area contributed by atoms with Crippen LogP contribution >= 0.6 is 11.6 Å². The first-order chi connectivity index (χ1) is 14.7. The van der Waals surface area contributed by atoms with E-state index in [9.17, 15) is 0 Å². The summed E-state index contributed by atoms with van der Waals surface area (Å²) in [7, 11) is 0. The number of aryl methyl sites for hydroxylation is 1. The largest absolute Gasteiger partial charge is 0.0843 e. The molecule has 0 radical (unpaired) electrons. The Bertz CT molecular complexity index is 734. The van der Waals surface area contributed by atoms with Crippen LogP contribution in [0.4, 0.5) is 0 Å². The van der Waals surface area contributed by atoms with E-state index >= 15 is 0 Å². The van der Waals surface area contributed by atoms with E-state index in [1.165, 1.54) is 81.8 Å². The first-order valence-corrected chi connectivity index (χ1v) is 12.8. The summed E-state index contributed by atoms with van der Waals surface area (Å²) in [6, 6.07) is 19.6. The fourth-order valence-electron chi connectivity index (χ4n) is 6.28. The summed E-state index contributed by atoms with van der Waals surface area (Å²) < 4.78 is 0. The minimum absolute atomic E-state index is 0.712. The molecule has 4 rings (SSSR count). The fraction of sp³-hybridized carbons (Fsp3) is 0.586. The van der Waals surface area contributed by atoms with Crippen molar-refractivity contribution < 1.29 is 0 Å². The Morgan fingerprint density at radius 1 is 0.733 bits per heavy atom. The Labute approximate surface area is 189 Å². The molecule has 0 saturated heterocycles. The van der Waals surface area contributed by atoms with Gasteiger partial charge < -0.3 is 0 Å². The van der Waals surface area contributed by atoms with Crippen molar-refractivity contribution in [3.63, 3.8) is 0 Å². The zero-order valence-corrected chi connectivity index (χ0v) is 19.5. The standard InChI is InChI=1S/C29H39Cl/c1-22(26-5-3-2-4-6-26)21-25-11-17-28(18-12-25)27-15-9-23(10-16-27)7-8-24-13-19-29(30)20-14-24/h2-6,13-14,19-20,22-23,25,27-28H,7-12,15-18,21H2,1H3/t22-,23?,25?,27?,28?/m1/s1. The molecule has 0 nitrogen and oxygen atoms in total. The van der Waals surface area contributed by atoms with Crippen molar-refractivity contribution in [2.24, 2.45) is 23.7 Å². The average molecular weight is 423 g/mol. The van der Waals surface area contributed by atoms with Gasteiger partial charge in [0.2, 0.25) is 0 Å². The maximum Gasteiger partial charge on any atom is 0.0406 e. The lowest BCUT2D eigenvalue weighted by molar-refractivity contribution is 0.139. The molecule has 2 aliphatic carbocycles. The van der Waals surface area contributed by atoms with Crippen LogP contribution in [0.5, 0.6) is 0 Å². The molecule has 30 heavy (non-hydrogen) atoms. The van der Waals surface area contributed by atoms with Gasteiger partial charge in [0.25, 0.3) is 0 Å². The van der Waals surface area contributed by atoms with Gasteiger partial charge in [-0.3, -0.25) is 0 Å². The van der Waals surface area contributed by atoms with Gasteiger partial charge in [0.15, 0.2) is 0 Å². The third kappa shape index (κ3) is 6.13. The van der Waals surface area contributed by atoms with Crippen LogP contribution in [0.15, 0.2) is 54.6 Å². The van der Waals surface area contributed by atoms with E-state index in [-0.39, 0.29) is 0 Å². The SMILES string of the molecule is C[C@H](CC1CCC(C2CCC(CCc3ccc(Cl)cc3)CC2)CC1)c1ccccc1. The molecule has 2 aromatic rings. The lowest BCUT2D eigenvalue weighted by Crippen LogP contribution is -2.26. The quantitative estimate of drug-likeness (QED) is 0.417. The molecular weight excluding hydrogens is 384 g/mol. The van der Waals surface area contributed by atoms with Crippen LogP contribution in [0.2, 0.25) is 5.02 Å². The molecule has 0 amide bonds. The van der Waals surface area contributed by atoms with E-state index in [0.29, 0.717) is 5.92 Å². The molecule has 0 heterocycles. The van der Waals surface area contributed by atoms with Crippen molar-refractivity contribution in [2.45, 2.75) is 83.5 Å². The molecule has 2 fully saturated rings. The summed E-state index contributed by atoms with van der Waals surface area (Å²) in [5, 5.41) is 0.850. The molecule has 0 aliphatic heterocycles. The van der Waals surface area contributed by atoms with E-state index in [1.807, 2.05) is 12.1 Å². The Balaban J connectivity index is 1.15. The maximum atomic E-state index is 6.01. The first kappa shape index (κ1) is 21.9. The molecule has 0 bridgehead atoms. The molecule has 1 heteroatoms. The zero-order chi connectivity index (χ0) is 20.8. The molecule has 0 N–H and O–H groups in total. The third-order valence-corrected chi connectivity index (χ3v) is 8.51. The Morgan fingerprint density at radius 3 is 1.90 bits per heavy atom. The van der Waals surface area contributed by atoms with Gasteiger partial charge in [-0.25, -0.2) is 0 Å². The van der Waals surface area contributed by atoms with Crippen molar-refractivity contribution >= 4 is 11.6 Å². The van der Waals surface area contributed by atoms with Crippen LogP contribution in [0.3, 0.4) is 0 Å². The van der Waals surface area contributed by atoms with Gasteiger partial charge in [-0.1, -0.05) is 86.7 Å². The Kier molecular flexibility index (Phi) is 7.94. The predicted octanol–water partition coefficient (Wildman–Crippen LogP) is 9.08. The molecule has 0 spiro atoms. The third-order valence-electron chi connectivity index (χ3n) is 8.26. The van der Waals surface area contributed by atoms with Crippen molar-refractivity contribution in [2.75, 3.05) is 0 Å². The smallest absolute Gasteiger partial charge is 0.0406 e. The normalized spacial score (nSPS) is 28.2. The molecule has 1 atom stereocenters. The number of hydrogen-bond donors (Lipinski definition) is 0. The highest BCUT2D eigenvalue weighted by Crippen LogP contribution is 2.43. The van der Waals surface area contributed by atoms with Crippen LogP contribution in [0.1, 0.15) is 88.2 Å². The van der Waals surface area contributed by atoms with Crippen molar-refractivity contribution in [3.8, 4) is 0 Å². The highest BCUT2D eigenvalue weighted by atomic mass is 35.5. The van der Waals surface area contributed by atoms with E-state index in [2.05, 4.69) is 49.4 Å². The fourth-order valence-corrected chi connectivity index (χ4v) is 6.41. The van der Waals surface area contributed by atoms with E-state index in [0.717, 1.165) is 28.7 Å². The van der Waals surface area contributed by atoms with Gasteiger partial charge >= 0.3 is 0 Å².